The molecule has 0 bridgehead atoms. The van der Waals surface area contributed by atoms with Crippen LogP contribution in [0.3, 0.4) is 0 Å². The largest absolute Gasteiger partial charge is 0.494 e. The standard InChI is InChI=1S/C25H22Cl2O2/c1-3-28-19-14-12-18(13-15-19)24-23(25(24,26)27)22(17-10-8-16(2)9-11-17)20-6-4-5-7-21(20)29-24/h4-15,22-23H,3H2,1-2H3/t22-,23-,24+/m1/s1. The summed E-state index contributed by atoms with van der Waals surface area (Å²) in [5.74, 6) is 1.63. The highest BCUT2D eigenvalue weighted by molar-refractivity contribution is 6.52. The Morgan fingerprint density at radius 1 is 0.931 bits per heavy atom. The Hall–Kier alpha value is -2.16. The number of ether oxygens (including phenoxy) is 2. The third-order valence-electron chi connectivity index (χ3n) is 6.13. The number of benzene rings is 3. The van der Waals surface area contributed by atoms with E-state index in [1.807, 2.05) is 49.4 Å². The van der Waals surface area contributed by atoms with E-state index in [-0.39, 0.29) is 11.8 Å². The quantitative estimate of drug-likeness (QED) is 0.438. The molecule has 0 N–H and O–H groups in total. The van der Waals surface area contributed by atoms with Crippen LogP contribution >= 0.6 is 23.2 Å². The topological polar surface area (TPSA) is 18.5 Å². The van der Waals surface area contributed by atoms with Gasteiger partial charge in [0.1, 0.15) is 11.5 Å². The predicted octanol–water partition coefficient (Wildman–Crippen LogP) is 6.62. The number of rotatable bonds is 4. The third-order valence-corrected chi connectivity index (χ3v) is 7.16. The van der Waals surface area contributed by atoms with E-state index in [4.69, 9.17) is 32.7 Å². The number of alkyl halides is 2. The molecule has 0 spiro atoms. The fourth-order valence-corrected chi connectivity index (χ4v) is 5.69. The lowest BCUT2D eigenvalue weighted by Crippen LogP contribution is -2.28. The third kappa shape index (κ3) is 2.69. The Balaban J connectivity index is 1.65. The number of halogens is 2. The van der Waals surface area contributed by atoms with Gasteiger partial charge in [-0.3, -0.25) is 0 Å². The van der Waals surface area contributed by atoms with Gasteiger partial charge in [0.05, 0.1) is 12.5 Å². The van der Waals surface area contributed by atoms with Crippen molar-refractivity contribution >= 4 is 23.2 Å². The van der Waals surface area contributed by atoms with Gasteiger partial charge in [-0.1, -0.05) is 83.4 Å². The first-order valence-corrected chi connectivity index (χ1v) is 10.7. The first-order chi connectivity index (χ1) is 14.0. The Morgan fingerprint density at radius 3 is 2.31 bits per heavy atom. The van der Waals surface area contributed by atoms with Crippen LogP contribution in [0.4, 0.5) is 0 Å². The number of hydrogen-bond donors (Lipinski definition) is 0. The highest BCUT2D eigenvalue weighted by atomic mass is 35.5. The van der Waals surface area contributed by atoms with E-state index in [2.05, 4.69) is 37.3 Å². The van der Waals surface area contributed by atoms with Crippen LogP contribution in [0.2, 0.25) is 0 Å². The molecule has 1 aliphatic carbocycles. The number of hydrogen-bond acceptors (Lipinski definition) is 2. The van der Waals surface area contributed by atoms with Crippen LogP contribution in [0.5, 0.6) is 11.5 Å². The Labute approximate surface area is 181 Å². The molecule has 0 amide bonds. The molecule has 1 aliphatic heterocycles. The van der Waals surface area contributed by atoms with Crippen LogP contribution in [0, 0.1) is 12.8 Å². The number of para-hydroxylation sites is 1. The van der Waals surface area contributed by atoms with E-state index < -0.39 is 9.93 Å². The second-order valence-corrected chi connectivity index (χ2v) is 9.21. The van der Waals surface area contributed by atoms with Gasteiger partial charge in [0, 0.05) is 11.5 Å². The molecule has 3 aromatic rings. The van der Waals surface area contributed by atoms with Crippen LogP contribution in [0.15, 0.2) is 72.8 Å². The zero-order valence-electron chi connectivity index (χ0n) is 16.4. The van der Waals surface area contributed by atoms with Crippen LogP contribution in [-0.4, -0.2) is 10.9 Å². The summed E-state index contributed by atoms with van der Waals surface area (Å²) in [6.07, 6.45) is 0. The molecule has 2 nitrogen and oxygen atoms in total. The molecule has 1 heterocycles. The average Bonchev–Trinajstić information content (AvgIpc) is 3.23. The summed E-state index contributed by atoms with van der Waals surface area (Å²) >= 11 is 14.0. The summed E-state index contributed by atoms with van der Waals surface area (Å²) in [6, 6.07) is 24.7. The van der Waals surface area contributed by atoms with Crippen molar-refractivity contribution in [3.05, 3.63) is 95.1 Å². The molecule has 0 aromatic heterocycles. The van der Waals surface area contributed by atoms with Crippen LogP contribution in [0.1, 0.15) is 35.1 Å². The molecule has 148 valence electrons. The van der Waals surface area contributed by atoms with Gasteiger partial charge in [0.15, 0.2) is 9.93 Å². The van der Waals surface area contributed by atoms with E-state index in [1.54, 1.807) is 0 Å². The van der Waals surface area contributed by atoms with Crippen molar-refractivity contribution in [2.75, 3.05) is 6.61 Å². The molecule has 3 aromatic carbocycles. The van der Waals surface area contributed by atoms with Crippen molar-refractivity contribution in [3.8, 4) is 11.5 Å². The molecule has 0 unspecified atom stereocenters. The second kappa shape index (κ2) is 6.68. The molecular weight excluding hydrogens is 403 g/mol. The minimum atomic E-state index is -1.03. The van der Waals surface area contributed by atoms with E-state index >= 15 is 0 Å². The lowest BCUT2D eigenvalue weighted by atomic mass is 9.82. The van der Waals surface area contributed by atoms with E-state index in [0.29, 0.717) is 6.61 Å². The molecule has 4 heteroatoms. The van der Waals surface area contributed by atoms with Crippen molar-refractivity contribution in [1.29, 1.82) is 0 Å². The van der Waals surface area contributed by atoms with Crippen molar-refractivity contribution in [1.82, 2.24) is 0 Å². The fraction of sp³-hybridized carbons (Fsp3) is 0.280. The van der Waals surface area contributed by atoms with Gasteiger partial charge in [-0.15, -0.1) is 0 Å². The minimum absolute atomic E-state index is 0.0575. The zero-order valence-corrected chi connectivity index (χ0v) is 17.9. The highest BCUT2D eigenvalue weighted by Crippen LogP contribution is 2.77. The van der Waals surface area contributed by atoms with Crippen molar-refractivity contribution in [2.45, 2.75) is 29.7 Å². The Kier molecular flexibility index (Phi) is 4.34. The Morgan fingerprint density at radius 2 is 1.62 bits per heavy atom. The monoisotopic (exact) mass is 424 g/mol. The maximum Gasteiger partial charge on any atom is 0.174 e. The van der Waals surface area contributed by atoms with Gasteiger partial charge in [0.25, 0.3) is 0 Å². The van der Waals surface area contributed by atoms with E-state index in [9.17, 15) is 0 Å². The second-order valence-electron chi connectivity index (χ2n) is 7.82. The maximum atomic E-state index is 6.98. The number of aryl methyl sites for hydroxylation is 1. The summed E-state index contributed by atoms with van der Waals surface area (Å²) < 4.78 is 11.1. The first-order valence-electron chi connectivity index (χ1n) is 9.94. The predicted molar refractivity (Wildman–Crippen MR) is 117 cm³/mol. The lowest BCUT2D eigenvalue weighted by Gasteiger charge is -2.32. The average molecular weight is 425 g/mol. The summed E-state index contributed by atoms with van der Waals surface area (Å²) in [6.45, 7) is 4.69. The molecule has 0 radical (unpaired) electrons. The molecule has 0 saturated heterocycles. The SMILES string of the molecule is CCOc1ccc([C@]23Oc4ccccc4[C@@H](c4ccc(C)cc4)[C@H]2C3(Cl)Cl)cc1. The molecule has 5 rings (SSSR count). The van der Waals surface area contributed by atoms with Gasteiger partial charge in [-0.25, -0.2) is 0 Å². The van der Waals surface area contributed by atoms with E-state index in [1.165, 1.54) is 11.1 Å². The van der Waals surface area contributed by atoms with Gasteiger partial charge >= 0.3 is 0 Å². The highest BCUT2D eigenvalue weighted by Gasteiger charge is 2.83. The molecule has 3 atom stereocenters. The van der Waals surface area contributed by atoms with Gasteiger partial charge in [-0.05, 0) is 43.2 Å². The Bertz CT molecular complexity index is 1040. The van der Waals surface area contributed by atoms with E-state index in [0.717, 1.165) is 22.6 Å². The summed E-state index contributed by atoms with van der Waals surface area (Å²) in [5.41, 5.74) is 3.75. The lowest BCUT2D eigenvalue weighted by molar-refractivity contribution is 0.137. The minimum Gasteiger partial charge on any atom is -0.494 e. The summed E-state index contributed by atoms with van der Waals surface area (Å²) in [5, 5.41) is 0. The zero-order chi connectivity index (χ0) is 20.2. The molecule has 1 saturated carbocycles. The first kappa shape index (κ1) is 18.8. The van der Waals surface area contributed by atoms with Crippen molar-refractivity contribution < 1.29 is 9.47 Å². The summed E-state index contributed by atoms with van der Waals surface area (Å²) in [4.78, 5) is 0. The van der Waals surface area contributed by atoms with Crippen LogP contribution < -0.4 is 9.47 Å². The van der Waals surface area contributed by atoms with Crippen molar-refractivity contribution in [3.63, 3.8) is 0 Å². The molecular formula is C25H22Cl2O2. The van der Waals surface area contributed by atoms with Gasteiger partial charge < -0.3 is 9.47 Å². The van der Waals surface area contributed by atoms with Crippen molar-refractivity contribution in [2.24, 2.45) is 5.92 Å². The molecule has 29 heavy (non-hydrogen) atoms. The summed E-state index contributed by atoms with van der Waals surface area (Å²) in [7, 11) is 0. The molecule has 1 fully saturated rings. The fourth-order valence-electron chi connectivity index (χ4n) is 4.71. The molecule has 2 aliphatic rings. The maximum absolute atomic E-state index is 6.98. The number of fused-ring (bicyclic) bond motifs is 2. The van der Waals surface area contributed by atoms with Crippen LogP contribution in [0.25, 0.3) is 0 Å². The normalized spacial score (nSPS) is 26.1. The van der Waals surface area contributed by atoms with Gasteiger partial charge in [0.2, 0.25) is 0 Å². The smallest absolute Gasteiger partial charge is 0.174 e. The van der Waals surface area contributed by atoms with Gasteiger partial charge in [-0.2, -0.15) is 0 Å². The van der Waals surface area contributed by atoms with Crippen LogP contribution in [-0.2, 0) is 5.60 Å².